The molecule has 0 aromatic heterocycles. The van der Waals surface area contributed by atoms with Crippen LogP contribution in [0.1, 0.15) is 99.3 Å². The Labute approximate surface area is 234 Å². The fourth-order valence-electron chi connectivity index (χ4n) is 11.8. The maximum Gasteiger partial charge on any atom is 0.316 e. The molecule has 5 aliphatic carbocycles. The van der Waals surface area contributed by atoms with Crippen molar-refractivity contribution in [3.8, 4) is 0 Å². The summed E-state index contributed by atoms with van der Waals surface area (Å²) in [5.41, 5.74) is 6.51. The number of Topliss-reactive ketones (excluding diaryl/α,β-unsaturated/α-hetero) is 1. The van der Waals surface area contributed by atoms with Gasteiger partial charge in [-0.3, -0.25) is 9.59 Å². The number of carbonyl (C=O) groups is 3. The molecule has 5 aliphatic rings. The molecule has 2 amide bonds. The van der Waals surface area contributed by atoms with Crippen LogP contribution in [0.5, 0.6) is 0 Å². The number of carbonyl (C=O) groups excluding carboxylic acids is 3. The summed E-state index contributed by atoms with van der Waals surface area (Å²) in [4.78, 5) is 38.6. The van der Waals surface area contributed by atoms with Crippen LogP contribution in [0.4, 0.5) is 4.79 Å². The molecule has 0 aliphatic heterocycles. The molecule has 0 aromatic carbocycles. The predicted octanol–water partition coefficient (Wildman–Crippen LogP) is 6.55. The summed E-state index contributed by atoms with van der Waals surface area (Å²) in [5, 5.41) is 2.60. The molecule has 0 unspecified atom stereocenters. The van der Waals surface area contributed by atoms with Crippen molar-refractivity contribution in [3.05, 3.63) is 23.9 Å². The van der Waals surface area contributed by atoms with Gasteiger partial charge in [0.05, 0.1) is 12.5 Å². The van der Waals surface area contributed by atoms with E-state index in [1.165, 1.54) is 5.57 Å². The number of amides is 2. The van der Waals surface area contributed by atoms with E-state index < -0.39 is 11.4 Å². The zero-order valence-electron chi connectivity index (χ0n) is 25.2. The largest absolute Gasteiger partial charge is 0.469 e. The van der Waals surface area contributed by atoms with Crippen molar-refractivity contribution in [1.82, 2.24) is 5.32 Å². The lowest BCUT2D eigenvalue weighted by molar-refractivity contribution is -0.232. The second-order valence-corrected chi connectivity index (χ2v) is 15.2. The van der Waals surface area contributed by atoms with Gasteiger partial charge in [0.2, 0.25) is 0 Å². The smallest absolute Gasteiger partial charge is 0.316 e. The van der Waals surface area contributed by atoms with Crippen molar-refractivity contribution < 1.29 is 19.1 Å². The lowest BCUT2D eigenvalue weighted by Gasteiger charge is -2.72. The number of urea groups is 1. The Kier molecular flexibility index (Phi) is 6.52. The number of rotatable bonds is 3. The van der Waals surface area contributed by atoms with E-state index in [1.807, 2.05) is 0 Å². The maximum atomic E-state index is 13.6. The van der Waals surface area contributed by atoms with Crippen molar-refractivity contribution in [2.45, 2.75) is 99.3 Å². The summed E-state index contributed by atoms with van der Waals surface area (Å²) >= 11 is 0. The van der Waals surface area contributed by atoms with E-state index in [0.717, 1.165) is 51.4 Å². The average molecular weight is 539 g/mol. The topological polar surface area (TPSA) is 98.5 Å². The second-order valence-electron chi connectivity index (χ2n) is 15.2. The Morgan fingerprint density at radius 3 is 2.28 bits per heavy atom. The Balaban J connectivity index is 1.57. The third kappa shape index (κ3) is 3.61. The molecular weight excluding hydrogens is 488 g/mol. The summed E-state index contributed by atoms with van der Waals surface area (Å²) < 4.78 is 5.49. The highest BCUT2D eigenvalue weighted by Crippen LogP contribution is 2.77. The molecule has 0 radical (unpaired) electrons. The number of ether oxygens (including phenoxy) is 1. The first-order chi connectivity index (χ1) is 18.1. The molecule has 5 fully saturated rings. The fraction of sp³-hybridized carbons (Fsp3) is 0.788. The summed E-state index contributed by atoms with van der Waals surface area (Å²) in [6, 6.07) is -0.637. The molecule has 3 N–H and O–H groups in total. The standard InChI is InChI=1S/C33H50N2O4/c1-19(2)21-11-14-33(27(37)39-8)16-15-31(6)22(25(21)33)9-10-24-30(5)17-20(18-35-28(34)38)26(36)29(3,4)23(30)12-13-32(24,31)7/h18,21-25H,1,9-17H2,2-8H3,(H3,34,35,38)/b20-18+/t21-,22+,23+,24+,25+,30-,31+,32+,33-/m0/s1. The van der Waals surface area contributed by atoms with Gasteiger partial charge in [-0.25, -0.2) is 4.79 Å². The highest BCUT2D eigenvalue weighted by atomic mass is 16.5. The molecule has 0 aromatic rings. The van der Waals surface area contributed by atoms with E-state index in [1.54, 1.807) is 13.3 Å². The van der Waals surface area contributed by atoms with E-state index in [9.17, 15) is 14.4 Å². The molecule has 0 saturated heterocycles. The van der Waals surface area contributed by atoms with E-state index in [-0.39, 0.29) is 45.2 Å². The predicted molar refractivity (Wildman–Crippen MR) is 152 cm³/mol. The third-order valence-electron chi connectivity index (χ3n) is 13.6. The first-order valence-corrected chi connectivity index (χ1v) is 15.1. The van der Waals surface area contributed by atoms with Gasteiger partial charge >= 0.3 is 12.0 Å². The number of nitrogens with one attached hydrogen (secondary N) is 1. The van der Waals surface area contributed by atoms with Gasteiger partial charge < -0.3 is 15.8 Å². The Morgan fingerprint density at radius 1 is 0.974 bits per heavy atom. The minimum Gasteiger partial charge on any atom is -0.469 e. The monoisotopic (exact) mass is 538 g/mol. The Morgan fingerprint density at radius 2 is 1.67 bits per heavy atom. The van der Waals surface area contributed by atoms with Gasteiger partial charge in [-0.1, -0.05) is 46.8 Å². The zero-order valence-corrected chi connectivity index (χ0v) is 25.2. The van der Waals surface area contributed by atoms with Crippen LogP contribution in [0.2, 0.25) is 0 Å². The highest BCUT2D eigenvalue weighted by molar-refractivity contribution is 6.01. The molecule has 39 heavy (non-hydrogen) atoms. The van der Waals surface area contributed by atoms with Crippen LogP contribution in [-0.4, -0.2) is 24.9 Å². The van der Waals surface area contributed by atoms with E-state index >= 15 is 0 Å². The first kappa shape index (κ1) is 28.4. The minimum atomic E-state index is -0.637. The van der Waals surface area contributed by atoms with Crippen LogP contribution in [-0.2, 0) is 14.3 Å². The number of hydrogen-bond donors (Lipinski definition) is 2. The fourth-order valence-corrected chi connectivity index (χ4v) is 11.8. The van der Waals surface area contributed by atoms with Crippen LogP contribution in [0.3, 0.4) is 0 Å². The van der Waals surface area contributed by atoms with Crippen molar-refractivity contribution in [1.29, 1.82) is 0 Å². The number of methoxy groups -OCH3 is 1. The lowest BCUT2D eigenvalue weighted by atomic mass is 9.32. The number of nitrogens with two attached hydrogens (primary N) is 1. The lowest BCUT2D eigenvalue weighted by Crippen LogP contribution is -2.67. The van der Waals surface area contributed by atoms with Crippen molar-refractivity contribution in [3.63, 3.8) is 0 Å². The molecule has 9 atom stereocenters. The zero-order chi connectivity index (χ0) is 28.8. The summed E-state index contributed by atoms with van der Waals surface area (Å²) in [5.74, 6) is 1.95. The Bertz CT molecular complexity index is 1140. The number of hydrogen-bond acceptors (Lipinski definition) is 4. The van der Waals surface area contributed by atoms with Crippen LogP contribution in [0, 0.1) is 56.7 Å². The molecule has 0 bridgehead atoms. The van der Waals surface area contributed by atoms with Gasteiger partial charge in [-0.15, -0.1) is 0 Å². The van der Waals surface area contributed by atoms with Crippen molar-refractivity contribution in [2.24, 2.45) is 62.4 Å². The minimum absolute atomic E-state index is 0.00878. The average Bonchev–Trinajstić information content (AvgIpc) is 3.26. The van der Waals surface area contributed by atoms with Gasteiger partial charge in [-0.2, -0.15) is 0 Å². The second kappa shape index (κ2) is 8.94. The van der Waals surface area contributed by atoms with Gasteiger partial charge in [0.25, 0.3) is 0 Å². The molecule has 5 saturated carbocycles. The van der Waals surface area contributed by atoms with Crippen LogP contribution in [0.15, 0.2) is 23.9 Å². The summed E-state index contributed by atoms with van der Waals surface area (Å²) in [7, 11) is 1.56. The molecule has 6 heteroatoms. The summed E-state index contributed by atoms with van der Waals surface area (Å²) in [6.07, 6.45) is 10.4. The van der Waals surface area contributed by atoms with Crippen LogP contribution >= 0.6 is 0 Å². The van der Waals surface area contributed by atoms with Gasteiger partial charge in [0, 0.05) is 17.2 Å². The highest BCUT2D eigenvalue weighted by Gasteiger charge is 2.72. The Hall–Kier alpha value is -2.11. The SMILES string of the molecule is C=C(C)[C@@H]1CC[C@]2(C(=O)OC)CC[C@]3(C)[C@H](CC[C@@H]4[C@@]5(C)C/C(=C\NC(N)=O)C(=O)C(C)(C)[C@H]5CC[C@]43C)[C@@H]12. The van der Waals surface area contributed by atoms with Gasteiger partial charge in [-0.05, 0) is 111 Å². The van der Waals surface area contributed by atoms with E-state index in [4.69, 9.17) is 10.5 Å². The maximum absolute atomic E-state index is 13.6. The first-order valence-electron chi connectivity index (χ1n) is 15.1. The molecule has 0 heterocycles. The number of ketones is 1. The molecule has 5 rings (SSSR count). The van der Waals surface area contributed by atoms with Crippen LogP contribution < -0.4 is 11.1 Å². The molecule has 216 valence electrons. The van der Waals surface area contributed by atoms with Crippen molar-refractivity contribution in [2.75, 3.05) is 7.11 Å². The van der Waals surface area contributed by atoms with E-state index in [0.29, 0.717) is 29.7 Å². The molecule has 6 nitrogen and oxygen atoms in total. The van der Waals surface area contributed by atoms with Gasteiger partial charge in [0.1, 0.15) is 0 Å². The number of fused-ring (bicyclic) bond motifs is 7. The normalized spacial score (nSPS) is 47.3. The van der Waals surface area contributed by atoms with Crippen molar-refractivity contribution >= 4 is 17.8 Å². The van der Waals surface area contributed by atoms with Crippen LogP contribution in [0.25, 0.3) is 0 Å². The molecular formula is C33H50N2O4. The number of allylic oxidation sites excluding steroid dienone is 2. The number of primary amides is 1. The summed E-state index contributed by atoms with van der Waals surface area (Å²) in [6.45, 7) is 18.3. The van der Waals surface area contributed by atoms with E-state index in [2.05, 4.69) is 53.4 Å². The molecule has 0 spiro atoms. The van der Waals surface area contributed by atoms with Gasteiger partial charge in [0.15, 0.2) is 5.78 Å². The third-order valence-corrected chi connectivity index (χ3v) is 13.6. The quantitative estimate of drug-likeness (QED) is 0.242. The number of esters is 1.